The summed E-state index contributed by atoms with van der Waals surface area (Å²) in [5.74, 6) is 2.90. The minimum Gasteiger partial charge on any atom is -0.481 e. The molecule has 1 atom stereocenters. The number of pyridine rings is 1. The Kier molecular flexibility index (Phi) is 4.88. The topological polar surface area (TPSA) is 93.5 Å². The van der Waals surface area contributed by atoms with Crippen molar-refractivity contribution in [1.29, 1.82) is 0 Å². The molecular formula is C21H26N6O3. The number of rotatable bonds is 4. The zero-order valence-corrected chi connectivity index (χ0v) is 17.2. The van der Waals surface area contributed by atoms with Gasteiger partial charge < -0.3 is 19.1 Å². The van der Waals surface area contributed by atoms with E-state index >= 15 is 0 Å². The Morgan fingerprint density at radius 2 is 1.93 bits per heavy atom. The summed E-state index contributed by atoms with van der Waals surface area (Å²) in [4.78, 5) is 33.3. The van der Waals surface area contributed by atoms with Gasteiger partial charge in [0, 0.05) is 50.3 Å². The highest BCUT2D eigenvalue weighted by Crippen LogP contribution is 2.33. The van der Waals surface area contributed by atoms with E-state index in [-0.39, 0.29) is 23.7 Å². The third-order valence-electron chi connectivity index (χ3n) is 6.29. The second-order valence-electron chi connectivity index (χ2n) is 8.34. The summed E-state index contributed by atoms with van der Waals surface area (Å²) in [5.41, 5.74) is 0.564. The van der Waals surface area contributed by atoms with E-state index in [1.54, 1.807) is 25.4 Å². The highest BCUT2D eigenvalue weighted by atomic mass is 16.5. The first kappa shape index (κ1) is 19.0. The Balaban J connectivity index is 1.28. The van der Waals surface area contributed by atoms with Gasteiger partial charge in [0.05, 0.1) is 19.2 Å². The van der Waals surface area contributed by atoms with Crippen LogP contribution in [0.1, 0.15) is 53.6 Å². The number of piperidine rings is 1. The first-order chi connectivity index (χ1) is 14.6. The van der Waals surface area contributed by atoms with Gasteiger partial charge in [0.15, 0.2) is 5.82 Å². The van der Waals surface area contributed by atoms with Gasteiger partial charge in [-0.05, 0) is 31.7 Å². The molecule has 0 spiro atoms. The minimum atomic E-state index is -0.0190. The van der Waals surface area contributed by atoms with Gasteiger partial charge in [0.25, 0.3) is 5.91 Å². The number of hydrogen-bond donors (Lipinski definition) is 0. The smallest absolute Gasteiger partial charge is 0.255 e. The number of hydrogen-bond acceptors (Lipinski definition) is 6. The average molecular weight is 410 g/mol. The van der Waals surface area contributed by atoms with Crippen molar-refractivity contribution in [3.8, 4) is 5.88 Å². The lowest BCUT2D eigenvalue weighted by atomic mass is 9.96. The number of aromatic nitrogens is 4. The molecule has 5 rings (SSSR count). The fraction of sp³-hybridized carbons (Fsp3) is 0.571. The van der Waals surface area contributed by atoms with E-state index in [4.69, 9.17) is 4.74 Å². The predicted molar refractivity (Wildman–Crippen MR) is 107 cm³/mol. The van der Waals surface area contributed by atoms with Crippen molar-refractivity contribution in [2.75, 3.05) is 26.7 Å². The van der Waals surface area contributed by atoms with Gasteiger partial charge in [-0.15, -0.1) is 10.2 Å². The lowest BCUT2D eigenvalue weighted by molar-refractivity contribution is -0.134. The Hall–Kier alpha value is -2.97. The average Bonchev–Trinajstić information content (AvgIpc) is 3.57. The van der Waals surface area contributed by atoms with Gasteiger partial charge in [-0.2, -0.15) is 0 Å². The van der Waals surface area contributed by atoms with Gasteiger partial charge >= 0.3 is 0 Å². The van der Waals surface area contributed by atoms with E-state index in [0.717, 1.165) is 50.4 Å². The summed E-state index contributed by atoms with van der Waals surface area (Å²) < 4.78 is 7.23. The Morgan fingerprint density at radius 1 is 1.07 bits per heavy atom. The van der Waals surface area contributed by atoms with Gasteiger partial charge in [-0.3, -0.25) is 9.59 Å². The third kappa shape index (κ3) is 3.53. The fourth-order valence-electron chi connectivity index (χ4n) is 4.44. The third-order valence-corrected chi connectivity index (χ3v) is 6.29. The maximum atomic E-state index is 12.9. The Bertz CT molecular complexity index is 952. The fourth-order valence-corrected chi connectivity index (χ4v) is 4.44. The van der Waals surface area contributed by atoms with Crippen molar-refractivity contribution in [2.45, 2.75) is 44.7 Å². The van der Waals surface area contributed by atoms with Crippen LogP contribution in [-0.2, 0) is 17.9 Å². The van der Waals surface area contributed by atoms with Gasteiger partial charge in [-0.1, -0.05) is 0 Å². The molecule has 2 amide bonds. The molecule has 2 aliphatic heterocycles. The second kappa shape index (κ2) is 7.70. The molecule has 30 heavy (non-hydrogen) atoms. The number of likely N-dealkylation sites (tertiary alicyclic amines) is 1. The summed E-state index contributed by atoms with van der Waals surface area (Å²) in [5, 5.41) is 8.86. The van der Waals surface area contributed by atoms with Crippen LogP contribution in [0.2, 0.25) is 0 Å². The van der Waals surface area contributed by atoms with Gasteiger partial charge in [-0.25, -0.2) is 4.98 Å². The van der Waals surface area contributed by atoms with E-state index in [1.807, 2.05) is 9.80 Å². The maximum Gasteiger partial charge on any atom is 0.255 e. The molecule has 1 saturated carbocycles. The lowest BCUT2D eigenvalue weighted by Gasteiger charge is -2.34. The van der Waals surface area contributed by atoms with Crippen LogP contribution in [0.3, 0.4) is 0 Å². The van der Waals surface area contributed by atoms with Crippen molar-refractivity contribution < 1.29 is 14.3 Å². The highest BCUT2D eigenvalue weighted by molar-refractivity contribution is 5.94. The van der Waals surface area contributed by atoms with Crippen LogP contribution in [0.5, 0.6) is 5.88 Å². The molecule has 2 aromatic heterocycles. The van der Waals surface area contributed by atoms with Crippen molar-refractivity contribution >= 4 is 11.8 Å². The number of amides is 2. The molecule has 9 nitrogen and oxygen atoms in total. The van der Waals surface area contributed by atoms with Crippen LogP contribution in [0.15, 0.2) is 18.3 Å². The first-order valence-corrected chi connectivity index (χ1v) is 10.6. The molecule has 0 aromatic carbocycles. The molecule has 9 heteroatoms. The molecule has 158 valence electrons. The predicted octanol–water partition coefficient (Wildman–Crippen LogP) is 1.45. The first-order valence-electron chi connectivity index (χ1n) is 10.6. The van der Waals surface area contributed by atoms with Crippen LogP contribution in [0, 0.1) is 5.92 Å². The Labute approximate surface area is 175 Å². The van der Waals surface area contributed by atoms with Crippen LogP contribution < -0.4 is 4.74 Å². The molecular weight excluding hydrogens is 384 g/mol. The van der Waals surface area contributed by atoms with E-state index < -0.39 is 0 Å². The molecule has 3 aliphatic rings. The van der Waals surface area contributed by atoms with Crippen molar-refractivity contribution in [1.82, 2.24) is 29.5 Å². The van der Waals surface area contributed by atoms with E-state index in [2.05, 4.69) is 19.7 Å². The van der Waals surface area contributed by atoms with Crippen LogP contribution in [0.25, 0.3) is 0 Å². The molecule has 2 fully saturated rings. The zero-order valence-electron chi connectivity index (χ0n) is 17.2. The summed E-state index contributed by atoms with van der Waals surface area (Å²) in [6.07, 6.45) is 5.50. The summed E-state index contributed by atoms with van der Waals surface area (Å²) in [7, 11) is 1.55. The number of fused-ring (bicyclic) bond motifs is 1. The summed E-state index contributed by atoms with van der Waals surface area (Å²) in [6.45, 7) is 3.32. The molecule has 2 aromatic rings. The van der Waals surface area contributed by atoms with Crippen molar-refractivity contribution in [3.63, 3.8) is 0 Å². The molecule has 1 aliphatic carbocycles. The van der Waals surface area contributed by atoms with E-state index in [1.165, 1.54) is 0 Å². The lowest BCUT2D eigenvalue weighted by Crippen LogP contribution is -2.42. The molecule has 1 saturated heterocycles. The normalized spacial score (nSPS) is 21.3. The quantitative estimate of drug-likeness (QED) is 0.758. The number of carbonyl (C=O) groups is 2. The maximum absolute atomic E-state index is 12.9. The summed E-state index contributed by atoms with van der Waals surface area (Å²) in [6, 6.07) is 3.46. The Morgan fingerprint density at radius 3 is 2.67 bits per heavy atom. The molecule has 0 radical (unpaired) electrons. The van der Waals surface area contributed by atoms with Crippen LogP contribution in [-0.4, -0.2) is 68.1 Å². The van der Waals surface area contributed by atoms with Gasteiger partial charge in [0.1, 0.15) is 5.82 Å². The number of nitrogens with zero attached hydrogens (tertiary/aromatic N) is 6. The largest absolute Gasteiger partial charge is 0.481 e. The van der Waals surface area contributed by atoms with E-state index in [0.29, 0.717) is 31.1 Å². The van der Waals surface area contributed by atoms with Crippen LogP contribution >= 0.6 is 0 Å². The SMILES string of the molecule is COc1ccc(C(=O)N2CCCC(c3nnc4n3CCN(C(=O)C3CC3)C4)C2)cn1. The second-order valence-corrected chi connectivity index (χ2v) is 8.34. The molecule has 0 bridgehead atoms. The molecule has 0 N–H and O–H groups in total. The van der Waals surface area contributed by atoms with Crippen molar-refractivity contribution in [3.05, 3.63) is 35.5 Å². The highest BCUT2D eigenvalue weighted by Gasteiger charge is 2.36. The minimum absolute atomic E-state index is 0.0190. The van der Waals surface area contributed by atoms with Gasteiger partial charge in [0.2, 0.25) is 11.8 Å². The van der Waals surface area contributed by atoms with E-state index in [9.17, 15) is 9.59 Å². The van der Waals surface area contributed by atoms with Crippen LogP contribution in [0.4, 0.5) is 0 Å². The number of methoxy groups -OCH3 is 1. The molecule has 1 unspecified atom stereocenters. The molecule has 4 heterocycles. The number of carbonyl (C=O) groups excluding carboxylic acids is 2. The zero-order chi connectivity index (χ0) is 20.7. The summed E-state index contributed by atoms with van der Waals surface area (Å²) >= 11 is 0. The number of ether oxygens (including phenoxy) is 1. The monoisotopic (exact) mass is 410 g/mol. The standard InChI is InChI=1S/C21H26N6O3/c1-30-18-7-6-15(11-22-18)21(29)25-8-2-3-16(12-25)19-24-23-17-13-26(9-10-27(17)19)20(28)14-4-5-14/h6-7,11,14,16H,2-5,8-10,12-13H2,1H3. The van der Waals surface area contributed by atoms with Crippen molar-refractivity contribution in [2.24, 2.45) is 5.92 Å².